The third-order valence-electron chi connectivity index (χ3n) is 4.35. The van der Waals surface area contributed by atoms with Gasteiger partial charge >= 0.3 is 6.18 Å². The first-order valence-corrected chi connectivity index (χ1v) is 7.34. The molecule has 2 aromatic carbocycles. The molecule has 5 heteroatoms. The van der Waals surface area contributed by atoms with Crippen LogP contribution in [0, 0.1) is 13.8 Å². The van der Waals surface area contributed by atoms with Gasteiger partial charge in [0.15, 0.2) is 0 Å². The number of hydrogen-bond acceptors (Lipinski definition) is 1. The van der Waals surface area contributed by atoms with Gasteiger partial charge in [-0.2, -0.15) is 13.2 Å². The number of amides is 1. The third-order valence-corrected chi connectivity index (χ3v) is 4.35. The number of alkyl halides is 3. The highest BCUT2D eigenvalue weighted by atomic mass is 19.4. The second-order valence-electron chi connectivity index (χ2n) is 5.91. The maximum atomic E-state index is 13.3. The predicted octanol–water partition coefficient (Wildman–Crippen LogP) is 4.80. The summed E-state index contributed by atoms with van der Waals surface area (Å²) in [6, 6.07) is 9.19. The van der Waals surface area contributed by atoms with E-state index in [4.69, 9.17) is 0 Å². The Morgan fingerprint density at radius 2 is 1.70 bits per heavy atom. The topological polar surface area (TPSA) is 29.1 Å². The number of hydrogen-bond donors (Lipinski definition) is 1. The highest BCUT2D eigenvalue weighted by Crippen LogP contribution is 2.43. The van der Waals surface area contributed by atoms with E-state index in [0.29, 0.717) is 5.69 Å². The van der Waals surface area contributed by atoms with Crippen LogP contribution in [0.3, 0.4) is 0 Å². The molecule has 1 aliphatic heterocycles. The maximum Gasteiger partial charge on any atom is 0.416 e. The average Bonchev–Trinajstić information content (AvgIpc) is 2.47. The molecule has 3 rings (SSSR count). The molecule has 0 radical (unpaired) electrons. The Morgan fingerprint density at radius 1 is 1.04 bits per heavy atom. The number of nitrogens with one attached hydrogen (secondary N) is 1. The summed E-state index contributed by atoms with van der Waals surface area (Å²) >= 11 is 0. The van der Waals surface area contributed by atoms with Gasteiger partial charge < -0.3 is 5.32 Å². The minimum atomic E-state index is -4.44. The lowest BCUT2D eigenvalue weighted by molar-refractivity contribution is -0.138. The number of carbonyl (C=O) groups excluding carboxylic acids is 1. The number of carbonyl (C=O) groups is 1. The lowest BCUT2D eigenvalue weighted by Gasteiger charge is -2.29. The molecule has 1 amide bonds. The Balaban J connectivity index is 2.20. The Kier molecular flexibility index (Phi) is 3.66. The molecule has 0 fully saturated rings. The van der Waals surface area contributed by atoms with Crippen LogP contribution in [-0.2, 0) is 11.0 Å². The molecule has 23 heavy (non-hydrogen) atoms. The summed E-state index contributed by atoms with van der Waals surface area (Å²) in [5, 5.41) is 2.77. The van der Waals surface area contributed by atoms with Crippen LogP contribution in [-0.4, -0.2) is 5.91 Å². The highest BCUT2D eigenvalue weighted by molar-refractivity contribution is 5.95. The Hall–Kier alpha value is -2.30. The fraction of sp³-hybridized carbons (Fsp3) is 0.278. The molecule has 0 saturated heterocycles. The van der Waals surface area contributed by atoms with Crippen molar-refractivity contribution in [3.8, 4) is 0 Å². The Morgan fingerprint density at radius 3 is 2.39 bits per heavy atom. The van der Waals surface area contributed by atoms with Crippen LogP contribution in [0.15, 0.2) is 36.4 Å². The van der Waals surface area contributed by atoms with Gasteiger partial charge in [0, 0.05) is 18.0 Å². The van der Waals surface area contributed by atoms with Crippen LogP contribution in [0.1, 0.15) is 40.2 Å². The second-order valence-corrected chi connectivity index (χ2v) is 5.91. The number of benzene rings is 2. The van der Waals surface area contributed by atoms with Gasteiger partial charge in [0.25, 0.3) is 0 Å². The standard InChI is InChI=1S/C18H16F3NO/c1-10-7-14-13(9-17(23)22-16(14)8-11(10)2)12-5-3-4-6-15(12)18(19,20)21/h3-8,13H,9H2,1-2H3,(H,22,23). The molecular formula is C18H16F3NO. The molecule has 1 atom stereocenters. The zero-order valence-corrected chi connectivity index (χ0v) is 12.8. The summed E-state index contributed by atoms with van der Waals surface area (Å²) in [4.78, 5) is 12.0. The van der Waals surface area contributed by atoms with Gasteiger partial charge in [0.05, 0.1) is 5.56 Å². The number of halogens is 3. The maximum absolute atomic E-state index is 13.3. The van der Waals surface area contributed by atoms with E-state index in [1.807, 2.05) is 26.0 Å². The first-order valence-electron chi connectivity index (χ1n) is 7.34. The summed E-state index contributed by atoms with van der Waals surface area (Å²) in [5.74, 6) is -0.849. The number of fused-ring (bicyclic) bond motifs is 1. The highest BCUT2D eigenvalue weighted by Gasteiger charge is 2.37. The molecule has 0 aliphatic carbocycles. The third kappa shape index (κ3) is 2.83. The van der Waals surface area contributed by atoms with Gasteiger partial charge in [-0.25, -0.2) is 0 Å². The van der Waals surface area contributed by atoms with Gasteiger partial charge in [-0.05, 0) is 48.2 Å². The van der Waals surface area contributed by atoms with Gasteiger partial charge in [0.2, 0.25) is 5.91 Å². The lowest BCUT2D eigenvalue weighted by atomic mass is 9.81. The van der Waals surface area contributed by atoms with E-state index in [1.165, 1.54) is 12.1 Å². The fourth-order valence-corrected chi connectivity index (χ4v) is 3.07. The zero-order valence-electron chi connectivity index (χ0n) is 12.8. The lowest BCUT2D eigenvalue weighted by Crippen LogP contribution is -2.25. The minimum absolute atomic E-state index is 0.0165. The second kappa shape index (κ2) is 5.41. The van der Waals surface area contributed by atoms with Crippen LogP contribution >= 0.6 is 0 Å². The van der Waals surface area contributed by atoms with E-state index in [1.54, 1.807) is 6.07 Å². The van der Waals surface area contributed by atoms with E-state index in [-0.39, 0.29) is 17.9 Å². The molecule has 0 aromatic heterocycles. The van der Waals surface area contributed by atoms with Crippen LogP contribution < -0.4 is 5.32 Å². The summed E-state index contributed by atoms with van der Waals surface area (Å²) in [6.45, 7) is 3.83. The van der Waals surface area contributed by atoms with Gasteiger partial charge in [-0.15, -0.1) is 0 Å². The van der Waals surface area contributed by atoms with Crippen LogP contribution in [0.5, 0.6) is 0 Å². The van der Waals surface area contributed by atoms with Crippen molar-refractivity contribution in [2.24, 2.45) is 0 Å². The molecule has 1 unspecified atom stereocenters. The van der Waals surface area contributed by atoms with E-state index in [9.17, 15) is 18.0 Å². The molecule has 120 valence electrons. The molecule has 2 aromatic rings. The van der Waals surface area contributed by atoms with Gasteiger partial charge in [-0.3, -0.25) is 4.79 Å². The minimum Gasteiger partial charge on any atom is -0.326 e. The number of anilines is 1. The Bertz CT molecular complexity index is 780. The molecule has 1 heterocycles. The molecule has 0 bridgehead atoms. The van der Waals surface area contributed by atoms with Crippen molar-refractivity contribution < 1.29 is 18.0 Å². The van der Waals surface area contributed by atoms with Crippen molar-refractivity contribution in [1.82, 2.24) is 0 Å². The quantitative estimate of drug-likeness (QED) is 0.804. The number of rotatable bonds is 1. The summed E-state index contributed by atoms with van der Waals surface area (Å²) in [5.41, 5.74) is 2.81. The van der Waals surface area contributed by atoms with Crippen molar-refractivity contribution in [1.29, 1.82) is 0 Å². The first kappa shape index (κ1) is 15.6. The monoisotopic (exact) mass is 319 g/mol. The van der Waals surface area contributed by atoms with Crippen molar-refractivity contribution in [2.45, 2.75) is 32.4 Å². The van der Waals surface area contributed by atoms with Gasteiger partial charge in [0.1, 0.15) is 0 Å². The molecule has 2 nitrogen and oxygen atoms in total. The van der Waals surface area contributed by atoms with Crippen molar-refractivity contribution in [3.63, 3.8) is 0 Å². The normalized spacial score (nSPS) is 17.6. The van der Waals surface area contributed by atoms with Gasteiger partial charge in [-0.1, -0.05) is 24.3 Å². The largest absolute Gasteiger partial charge is 0.416 e. The van der Waals surface area contributed by atoms with Crippen LogP contribution in [0.4, 0.5) is 18.9 Å². The molecule has 0 spiro atoms. The van der Waals surface area contributed by atoms with E-state index in [2.05, 4.69) is 5.32 Å². The van der Waals surface area contributed by atoms with E-state index in [0.717, 1.165) is 22.8 Å². The Labute approximate surface area is 132 Å². The molecule has 0 saturated carbocycles. The molecule has 1 N–H and O–H groups in total. The van der Waals surface area contributed by atoms with Crippen LogP contribution in [0.25, 0.3) is 0 Å². The molecule has 1 aliphatic rings. The van der Waals surface area contributed by atoms with Crippen molar-refractivity contribution in [2.75, 3.05) is 5.32 Å². The average molecular weight is 319 g/mol. The van der Waals surface area contributed by atoms with E-state index >= 15 is 0 Å². The zero-order chi connectivity index (χ0) is 16.8. The van der Waals surface area contributed by atoms with E-state index < -0.39 is 17.7 Å². The van der Waals surface area contributed by atoms with Crippen molar-refractivity contribution >= 4 is 11.6 Å². The summed E-state index contributed by atoms with van der Waals surface area (Å²) < 4.78 is 40.0. The summed E-state index contributed by atoms with van der Waals surface area (Å²) in [7, 11) is 0. The molecular weight excluding hydrogens is 303 g/mol. The number of aryl methyl sites for hydroxylation is 2. The van der Waals surface area contributed by atoms with Crippen LogP contribution in [0.2, 0.25) is 0 Å². The smallest absolute Gasteiger partial charge is 0.326 e. The van der Waals surface area contributed by atoms with Crippen molar-refractivity contribution in [3.05, 3.63) is 64.2 Å². The first-order chi connectivity index (χ1) is 10.8. The SMILES string of the molecule is Cc1cc2c(cc1C)C(c1ccccc1C(F)(F)F)CC(=O)N2. The summed E-state index contributed by atoms with van der Waals surface area (Å²) in [6.07, 6.45) is -4.42. The predicted molar refractivity (Wildman–Crippen MR) is 82.4 cm³/mol. The fourth-order valence-electron chi connectivity index (χ4n) is 3.07.